The summed E-state index contributed by atoms with van der Waals surface area (Å²) in [5.74, 6) is 3.27. The second kappa shape index (κ2) is 8.93. The monoisotopic (exact) mass is 397 g/mol. The molecule has 0 N–H and O–H groups in total. The molecule has 2 fully saturated rings. The van der Waals surface area contributed by atoms with Crippen molar-refractivity contribution in [1.29, 1.82) is 0 Å². The van der Waals surface area contributed by atoms with E-state index in [9.17, 15) is 4.79 Å². The smallest absolute Gasteiger partial charge is 0.290 e. The highest BCUT2D eigenvalue weighted by molar-refractivity contribution is 5.92. The molecule has 2 saturated carbocycles. The van der Waals surface area contributed by atoms with Crippen molar-refractivity contribution in [3.63, 3.8) is 0 Å². The standard InChI is InChI=1S/C24H31NO4/c1-3-17-8-10-18(11-9-17)25(19-12-13-19)24(26)23-15-14-20(29-23)16-28-22-7-5-4-6-21(22)27-2/h4-7,14-15,17-19H,3,8-13,16H2,1-2H3. The number of carbonyl (C=O) groups excluding carboxylic acids is 1. The van der Waals surface area contributed by atoms with Crippen LogP contribution in [0, 0.1) is 5.92 Å². The van der Waals surface area contributed by atoms with Gasteiger partial charge in [0.15, 0.2) is 17.3 Å². The maximum Gasteiger partial charge on any atom is 0.290 e. The van der Waals surface area contributed by atoms with Crippen molar-refractivity contribution in [3.8, 4) is 11.5 Å². The third-order valence-electron chi connectivity index (χ3n) is 6.27. The number of hydrogen-bond acceptors (Lipinski definition) is 4. The maximum atomic E-state index is 13.2. The van der Waals surface area contributed by atoms with Crippen LogP contribution in [0.2, 0.25) is 0 Å². The molecule has 5 heteroatoms. The summed E-state index contributed by atoms with van der Waals surface area (Å²) in [7, 11) is 1.62. The van der Waals surface area contributed by atoms with Gasteiger partial charge < -0.3 is 18.8 Å². The van der Waals surface area contributed by atoms with Gasteiger partial charge in [0.25, 0.3) is 5.91 Å². The number of furan rings is 1. The van der Waals surface area contributed by atoms with Gasteiger partial charge in [-0.2, -0.15) is 0 Å². The van der Waals surface area contributed by atoms with Crippen LogP contribution in [-0.4, -0.2) is 30.0 Å². The highest BCUT2D eigenvalue weighted by Gasteiger charge is 2.40. The molecule has 0 atom stereocenters. The molecular weight excluding hydrogens is 366 g/mol. The van der Waals surface area contributed by atoms with Gasteiger partial charge in [0.2, 0.25) is 0 Å². The first kappa shape index (κ1) is 19.9. The molecule has 0 aliphatic heterocycles. The van der Waals surface area contributed by atoms with E-state index in [4.69, 9.17) is 13.9 Å². The Morgan fingerprint density at radius 2 is 1.66 bits per heavy atom. The Morgan fingerprint density at radius 3 is 2.28 bits per heavy atom. The number of para-hydroxylation sites is 2. The molecule has 2 aliphatic rings. The van der Waals surface area contributed by atoms with Gasteiger partial charge in [0.05, 0.1) is 7.11 Å². The van der Waals surface area contributed by atoms with E-state index >= 15 is 0 Å². The third kappa shape index (κ3) is 4.60. The first-order valence-electron chi connectivity index (χ1n) is 10.9. The number of benzene rings is 1. The van der Waals surface area contributed by atoms with E-state index in [1.807, 2.05) is 30.3 Å². The van der Waals surface area contributed by atoms with Crippen LogP contribution in [0.25, 0.3) is 0 Å². The van der Waals surface area contributed by atoms with E-state index in [-0.39, 0.29) is 12.5 Å². The van der Waals surface area contributed by atoms with Gasteiger partial charge in [-0.1, -0.05) is 25.5 Å². The molecule has 0 spiro atoms. The van der Waals surface area contributed by atoms with Crippen molar-refractivity contribution in [1.82, 2.24) is 4.90 Å². The molecule has 0 unspecified atom stereocenters. The van der Waals surface area contributed by atoms with Crippen LogP contribution in [0.1, 0.15) is 68.2 Å². The minimum atomic E-state index is 0.0380. The number of methoxy groups -OCH3 is 1. The average molecular weight is 398 g/mol. The summed E-state index contributed by atoms with van der Waals surface area (Å²) in [6.07, 6.45) is 8.17. The predicted molar refractivity (Wildman–Crippen MR) is 111 cm³/mol. The zero-order valence-electron chi connectivity index (χ0n) is 17.4. The fourth-order valence-electron chi connectivity index (χ4n) is 4.40. The number of ether oxygens (including phenoxy) is 2. The van der Waals surface area contributed by atoms with Gasteiger partial charge in [0, 0.05) is 12.1 Å². The maximum absolute atomic E-state index is 13.2. The molecule has 1 aromatic heterocycles. The molecule has 1 amide bonds. The van der Waals surface area contributed by atoms with Crippen LogP contribution in [0.5, 0.6) is 11.5 Å². The van der Waals surface area contributed by atoms with Gasteiger partial charge >= 0.3 is 0 Å². The number of carbonyl (C=O) groups is 1. The number of hydrogen-bond donors (Lipinski definition) is 0. The second-order valence-corrected chi connectivity index (χ2v) is 8.23. The summed E-state index contributed by atoms with van der Waals surface area (Å²) >= 11 is 0. The van der Waals surface area contributed by atoms with Crippen LogP contribution in [0.3, 0.4) is 0 Å². The van der Waals surface area contributed by atoms with Crippen molar-refractivity contribution < 1.29 is 18.7 Å². The van der Waals surface area contributed by atoms with Crippen LogP contribution in [0.4, 0.5) is 0 Å². The summed E-state index contributed by atoms with van der Waals surface area (Å²) in [6.45, 7) is 2.53. The Morgan fingerprint density at radius 1 is 1.00 bits per heavy atom. The van der Waals surface area contributed by atoms with E-state index in [0.717, 1.165) is 31.6 Å². The van der Waals surface area contributed by atoms with Gasteiger partial charge in [-0.15, -0.1) is 0 Å². The molecule has 2 aromatic rings. The quantitative estimate of drug-likeness (QED) is 0.595. The normalized spacial score (nSPS) is 21.6. The number of rotatable bonds is 8. The minimum Gasteiger partial charge on any atom is -0.493 e. The summed E-state index contributed by atoms with van der Waals surface area (Å²) in [5.41, 5.74) is 0. The number of amides is 1. The molecule has 4 rings (SSSR count). The summed E-state index contributed by atoms with van der Waals surface area (Å²) in [5, 5.41) is 0. The summed E-state index contributed by atoms with van der Waals surface area (Å²) in [6, 6.07) is 11.9. The van der Waals surface area contributed by atoms with Gasteiger partial charge in [-0.3, -0.25) is 4.79 Å². The van der Waals surface area contributed by atoms with E-state index in [2.05, 4.69) is 11.8 Å². The highest BCUT2D eigenvalue weighted by Crippen LogP contribution is 2.37. The third-order valence-corrected chi connectivity index (χ3v) is 6.27. The Kier molecular flexibility index (Phi) is 6.12. The fourth-order valence-corrected chi connectivity index (χ4v) is 4.40. The molecule has 29 heavy (non-hydrogen) atoms. The van der Waals surface area contributed by atoms with Crippen molar-refractivity contribution in [2.24, 2.45) is 5.92 Å². The van der Waals surface area contributed by atoms with Crippen LogP contribution >= 0.6 is 0 Å². The SMILES string of the molecule is CCC1CCC(N(C(=O)c2ccc(COc3ccccc3OC)o2)C2CC2)CC1. The molecule has 2 aliphatic carbocycles. The lowest BCUT2D eigenvalue weighted by Crippen LogP contribution is -2.43. The first-order chi connectivity index (χ1) is 14.2. The van der Waals surface area contributed by atoms with Gasteiger partial charge in [-0.25, -0.2) is 0 Å². The highest BCUT2D eigenvalue weighted by atomic mass is 16.5. The lowest BCUT2D eigenvalue weighted by atomic mass is 9.84. The van der Waals surface area contributed by atoms with Gasteiger partial charge in [-0.05, 0) is 68.7 Å². The molecule has 1 heterocycles. The molecular formula is C24H31NO4. The van der Waals surface area contributed by atoms with Crippen LogP contribution in [0.15, 0.2) is 40.8 Å². The first-order valence-corrected chi connectivity index (χ1v) is 10.9. The van der Waals surface area contributed by atoms with E-state index in [0.29, 0.717) is 35.1 Å². The van der Waals surface area contributed by atoms with Crippen molar-refractivity contribution in [2.45, 2.75) is 70.6 Å². The van der Waals surface area contributed by atoms with E-state index < -0.39 is 0 Å². The Bertz CT molecular complexity index is 818. The lowest BCUT2D eigenvalue weighted by Gasteiger charge is -2.36. The largest absolute Gasteiger partial charge is 0.493 e. The topological polar surface area (TPSA) is 51.9 Å². The molecule has 0 radical (unpaired) electrons. The minimum absolute atomic E-state index is 0.0380. The van der Waals surface area contributed by atoms with Crippen molar-refractivity contribution in [2.75, 3.05) is 7.11 Å². The van der Waals surface area contributed by atoms with E-state index in [1.54, 1.807) is 13.2 Å². The lowest BCUT2D eigenvalue weighted by molar-refractivity contribution is 0.0551. The second-order valence-electron chi connectivity index (χ2n) is 8.23. The van der Waals surface area contributed by atoms with Crippen molar-refractivity contribution in [3.05, 3.63) is 47.9 Å². The Hall–Kier alpha value is -2.43. The molecule has 5 nitrogen and oxygen atoms in total. The Labute approximate surface area is 173 Å². The van der Waals surface area contributed by atoms with Crippen LogP contribution in [-0.2, 0) is 6.61 Å². The zero-order valence-corrected chi connectivity index (χ0v) is 17.4. The zero-order chi connectivity index (χ0) is 20.2. The van der Waals surface area contributed by atoms with Gasteiger partial charge in [0.1, 0.15) is 12.4 Å². The van der Waals surface area contributed by atoms with Crippen molar-refractivity contribution >= 4 is 5.91 Å². The molecule has 0 bridgehead atoms. The van der Waals surface area contributed by atoms with Crippen LogP contribution < -0.4 is 9.47 Å². The fraction of sp³-hybridized carbons (Fsp3) is 0.542. The summed E-state index contributed by atoms with van der Waals surface area (Å²) < 4.78 is 17.0. The summed E-state index contributed by atoms with van der Waals surface area (Å²) in [4.78, 5) is 15.4. The average Bonchev–Trinajstić information content (AvgIpc) is 3.48. The Balaban J connectivity index is 1.40. The molecule has 0 saturated heterocycles. The number of nitrogens with zero attached hydrogens (tertiary/aromatic N) is 1. The molecule has 1 aromatic carbocycles. The molecule has 156 valence electrons. The van der Waals surface area contributed by atoms with E-state index in [1.165, 1.54) is 19.3 Å². The predicted octanol–water partition coefficient (Wildman–Crippen LogP) is 5.44.